The molecule has 0 aliphatic carbocycles. The second-order valence-corrected chi connectivity index (χ2v) is 7.94. The summed E-state index contributed by atoms with van der Waals surface area (Å²) in [4.78, 5) is 35.6. The molecule has 1 aliphatic rings. The van der Waals surface area contributed by atoms with Crippen molar-refractivity contribution in [3.8, 4) is 11.5 Å². The molecule has 0 bridgehead atoms. The molecule has 0 unspecified atom stereocenters. The fourth-order valence-electron chi connectivity index (χ4n) is 4.11. The second-order valence-electron chi connectivity index (χ2n) is 7.94. The van der Waals surface area contributed by atoms with E-state index < -0.39 is 0 Å². The van der Waals surface area contributed by atoms with Gasteiger partial charge in [0.2, 0.25) is 0 Å². The van der Waals surface area contributed by atoms with Gasteiger partial charge in [-0.1, -0.05) is 30.6 Å². The van der Waals surface area contributed by atoms with Crippen molar-refractivity contribution in [1.82, 2.24) is 24.6 Å². The number of benzene rings is 2. The SMILES string of the molecule is CCCCN1C(=O)c2ccc(-c3nc(CCn4c(C)nc5ccccc54)no3)cc2C1=O. The maximum atomic E-state index is 12.7. The second kappa shape index (κ2) is 8.03. The molecule has 0 radical (unpaired) electrons. The van der Waals surface area contributed by atoms with Crippen LogP contribution in [-0.2, 0) is 13.0 Å². The Hall–Kier alpha value is -3.81. The Balaban J connectivity index is 1.34. The number of fused-ring (bicyclic) bond motifs is 2. The average Bonchev–Trinajstić information content (AvgIpc) is 3.46. The number of imide groups is 1. The van der Waals surface area contributed by atoms with Gasteiger partial charge in [-0.05, 0) is 43.7 Å². The quantitative estimate of drug-likeness (QED) is 0.412. The van der Waals surface area contributed by atoms with Crippen molar-refractivity contribution < 1.29 is 14.1 Å². The lowest BCUT2D eigenvalue weighted by Crippen LogP contribution is -2.30. The van der Waals surface area contributed by atoms with Crippen LogP contribution in [0, 0.1) is 6.92 Å². The van der Waals surface area contributed by atoms with Gasteiger partial charge >= 0.3 is 0 Å². The number of amides is 2. The molecule has 8 nitrogen and oxygen atoms in total. The molecule has 0 spiro atoms. The summed E-state index contributed by atoms with van der Waals surface area (Å²) in [5.41, 5.74) is 3.48. The number of carbonyl (C=O) groups is 2. The van der Waals surface area contributed by atoms with E-state index in [0.717, 1.165) is 29.7 Å². The van der Waals surface area contributed by atoms with E-state index in [4.69, 9.17) is 4.52 Å². The summed E-state index contributed by atoms with van der Waals surface area (Å²) in [6, 6.07) is 13.1. The zero-order valence-corrected chi connectivity index (χ0v) is 18.0. The van der Waals surface area contributed by atoms with Crippen molar-refractivity contribution in [2.24, 2.45) is 0 Å². The average molecular weight is 429 g/mol. The molecule has 0 fully saturated rings. The van der Waals surface area contributed by atoms with Crippen molar-refractivity contribution in [1.29, 1.82) is 0 Å². The minimum absolute atomic E-state index is 0.237. The van der Waals surface area contributed by atoms with Crippen LogP contribution in [0.4, 0.5) is 0 Å². The highest BCUT2D eigenvalue weighted by atomic mass is 16.5. The van der Waals surface area contributed by atoms with Crippen molar-refractivity contribution in [2.75, 3.05) is 6.54 Å². The third-order valence-corrected chi connectivity index (χ3v) is 5.83. The fourth-order valence-corrected chi connectivity index (χ4v) is 4.11. The maximum absolute atomic E-state index is 12.7. The topological polar surface area (TPSA) is 94.1 Å². The van der Waals surface area contributed by atoms with E-state index in [1.807, 2.05) is 38.1 Å². The highest BCUT2D eigenvalue weighted by Gasteiger charge is 2.35. The fraction of sp³-hybridized carbons (Fsp3) is 0.292. The molecule has 0 saturated heterocycles. The van der Waals surface area contributed by atoms with Gasteiger partial charge in [0.1, 0.15) is 5.82 Å². The summed E-state index contributed by atoms with van der Waals surface area (Å²) in [6.45, 7) is 5.12. The molecule has 32 heavy (non-hydrogen) atoms. The predicted molar refractivity (Wildman–Crippen MR) is 118 cm³/mol. The standard InChI is InChI=1S/C24H23N5O3/c1-3-4-12-29-23(30)17-10-9-16(14-18(17)24(29)31)22-26-21(27-32-22)11-13-28-15(2)25-19-7-5-6-8-20(19)28/h5-10,14H,3-4,11-13H2,1-2H3. The van der Waals surface area contributed by atoms with Crippen LogP contribution in [0.2, 0.25) is 0 Å². The molecule has 0 atom stereocenters. The van der Waals surface area contributed by atoms with Crippen molar-refractivity contribution >= 4 is 22.8 Å². The van der Waals surface area contributed by atoms with E-state index >= 15 is 0 Å². The number of imidazole rings is 1. The Morgan fingerprint density at radius 3 is 2.62 bits per heavy atom. The number of para-hydroxylation sites is 2. The van der Waals surface area contributed by atoms with Crippen LogP contribution in [0.1, 0.15) is 52.1 Å². The number of aromatic nitrogens is 4. The molecule has 162 valence electrons. The monoisotopic (exact) mass is 429 g/mol. The molecular formula is C24H23N5O3. The van der Waals surface area contributed by atoms with Gasteiger partial charge in [0.25, 0.3) is 17.7 Å². The predicted octanol–water partition coefficient (Wildman–Crippen LogP) is 4.03. The summed E-state index contributed by atoms with van der Waals surface area (Å²) in [7, 11) is 0. The van der Waals surface area contributed by atoms with Gasteiger partial charge in [-0.2, -0.15) is 4.98 Å². The van der Waals surface area contributed by atoms with E-state index in [0.29, 0.717) is 47.9 Å². The molecule has 5 rings (SSSR count). The van der Waals surface area contributed by atoms with Crippen LogP contribution in [-0.4, -0.2) is 43.0 Å². The molecule has 4 aromatic rings. The van der Waals surface area contributed by atoms with Gasteiger partial charge in [-0.3, -0.25) is 14.5 Å². The van der Waals surface area contributed by atoms with E-state index in [1.165, 1.54) is 4.90 Å². The highest BCUT2D eigenvalue weighted by Crippen LogP contribution is 2.28. The van der Waals surface area contributed by atoms with Crippen LogP contribution < -0.4 is 0 Å². The first-order valence-corrected chi connectivity index (χ1v) is 10.8. The first kappa shape index (κ1) is 20.1. The minimum Gasteiger partial charge on any atom is -0.334 e. The van der Waals surface area contributed by atoms with Gasteiger partial charge < -0.3 is 9.09 Å². The van der Waals surface area contributed by atoms with Gasteiger partial charge in [0, 0.05) is 25.1 Å². The highest BCUT2D eigenvalue weighted by molar-refractivity contribution is 6.21. The molecule has 2 aromatic carbocycles. The van der Waals surface area contributed by atoms with Gasteiger partial charge in [0.05, 0.1) is 22.2 Å². The zero-order chi connectivity index (χ0) is 22.2. The summed E-state index contributed by atoms with van der Waals surface area (Å²) in [5, 5.41) is 4.10. The van der Waals surface area contributed by atoms with Crippen molar-refractivity contribution in [3.63, 3.8) is 0 Å². The first-order valence-electron chi connectivity index (χ1n) is 10.8. The first-order chi connectivity index (χ1) is 15.6. The molecular weight excluding hydrogens is 406 g/mol. The van der Waals surface area contributed by atoms with E-state index in [1.54, 1.807) is 18.2 Å². The lowest BCUT2D eigenvalue weighted by molar-refractivity contribution is 0.0652. The summed E-state index contributed by atoms with van der Waals surface area (Å²) < 4.78 is 7.59. The lowest BCUT2D eigenvalue weighted by atomic mass is 10.1. The van der Waals surface area contributed by atoms with E-state index in [-0.39, 0.29) is 11.8 Å². The number of aryl methyl sites for hydroxylation is 3. The molecule has 0 saturated carbocycles. The molecule has 2 amide bonds. The number of hydrogen-bond acceptors (Lipinski definition) is 6. The smallest absolute Gasteiger partial charge is 0.261 e. The third kappa shape index (κ3) is 3.37. The van der Waals surface area contributed by atoms with Crippen LogP contribution >= 0.6 is 0 Å². The van der Waals surface area contributed by atoms with Crippen LogP contribution in [0.15, 0.2) is 47.0 Å². The van der Waals surface area contributed by atoms with E-state index in [9.17, 15) is 9.59 Å². The van der Waals surface area contributed by atoms with Gasteiger partial charge in [-0.15, -0.1) is 0 Å². The van der Waals surface area contributed by atoms with Crippen LogP contribution in [0.3, 0.4) is 0 Å². The number of unbranched alkanes of at least 4 members (excludes halogenated alkanes) is 1. The number of nitrogens with zero attached hydrogens (tertiary/aromatic N) is 5. The largest absolute Gasteiger partial charge is 0.334 e. The Morgan fingerprint density at radius 2 is 1.78 bits per heavy atom. The third-order valence-electron chi connectivity index (χ3n) is 5.83. The van der Waals surface area contributed by atoms with Crippen molar-refractivity contribution in [3.05, 3.63) is 65.2 Å². The minimum atomic E-state index is -0.262. The Morgan fingerprint density at radius 1 is 0.969 bits per heavy atom. The summed E-state index contributed by atoms with van der Waals surface area (Å²) in [6.07, 6.45) is 2.28. The van der Waals surface area contributed by atoms with Gasteiger partial charge in [-0.25, -0.2) is 4.98 Å². The normalized spacial score (nSPS) is 13.4. The number of rotatable bonds is 7. The number of hydrogen-bond donors (Lipinski definition) is 0. The molecule has 1 aliphatic heterocycles. The van der Waals surface area contributed by atoms with Crippen LogP contribution in [0.5, 0.6) is 0 Å². The molecule has 3 heterocycles. The molecule has 2 aromatic heterocycles. The number of carbonyl (C=O) groups excluding carboxylic acids is 2. The zero-order valence-electron chi connectivity index (χ0n) is 18.0. The van der Waals surface area contributed by atoms with Gasteiger partial charge in [0.15, 0.2) is 5.82 Å². The Bertz CT molecular complexity index is 1340. The van der Waals surface area contributed by atoms with E-state index in [2.05, 4.69) is 19.7 Å². The summed E-state index contributed by atoms with van der Waals surface area (Å²) in [5.74, 6) is 1.35. The van der Waals surface area contributed by atoms with Crippen molar-refractivity contribution in [2.45, 2.75) is 39.7 Å². The molecule has 0 N–H and O–H groups in total. The lowest BCUT2D eigenvalue weighted by Gasteiger charge is -2.12. The summed E-state index contributed by atoms with van der Waals surface area (Å²) >= 11 is 0. The molecule has 8 heteroatoms. The Labute approximate surface area is 184 Å². The Kier molecular flexibility index (Phi) is 5.05. The maximum Gasteiger partial charge on any atom is 0.261 e. The van der Waals surface area contributed by atoms with Crippen LogP contribution in [0.25, 0.3) is 22.5 Å².